The average molecular weight is 306 g/mol. The number of nitrogens with zero attached hydrogens (tertiary/aromatic N) is 2. The zero-order valence-corrected chi connectivity index (χ0v) is 12.1. The van der Waals surface area contributed by atoms with Crippen LogP contribution in [0.25, 0.3) is 11.7 Å². The van der Waals surface area contributed by atoms with Crippen LogP contribution in [0.2, 0.25) is 0 Å². The Morgan fingerprint density at radius 1 is 1.13 bits per heavy atom. The van der Waals surface area contributed by atoms with Crippen LogP contribution in [0, 0.1) is 0 Å². The Hall–Kier alpha value is -3.41. The molecule has 23 heavy (non-hydrogen) atoms. The van der Waals surface area contributed by atoms with E-state index < -0.39 is 5.91 Å². The zero-order chi connectivity index (χ0) is 16.2. The molecule has 1 aromatic carbocycles. The molecule has 0 atom stereocenters. The van der Waals surface area contributed by atoms with Gasteiger partial charge in [0.15, 0.2) is 0 Å². The molecule has 0 unspecified atom stereocenters. The number of imidazole rings is 1. The van der Waals surface area contributed by atoms with Gasteiger partial charge in [0.1, 0.15) is 5.65 Å². The number of fused-ring (bicyclic) bond motifs is 1. The van der Waals surface area contributed by atoms with E-state index in [0.29, 0.717) is 11.3 Å². The van der Waals surface area contributed by atoms with Crippen molar-refractivity contribution in [3.05, 3.63) is 72.2 Å². The summed E-state index contributed by atoms with van der Waals surface area (Å²) < 4.78 is 1.88. The van der Waals surface area contributed by atoms with Gasteiger partial charge in [-0.25, -0.2) is 4.98 Å². The highest BCUT2D eigenvalue weighted by molar-refractivity contribution is 6.02. The highest BCUT2D eigenvalue weighted by Gasteiger charge is 2.03. The standard InChI is InChI=1S/C17H14N4O2/c18-17(23)12-4-6-13(7-5-12)20-16(22)9-8-14-11-19-15-3-1-2-10-21(14)15/h1-11H,(H2,18,23)(H,20,22)/b9-8+. The van der Waals surface area contributed by atoms with Crippen molar-refractivity contribution < 1.29 is 9.59 Å². The van der Waals surface area contributed by atoms with Crippen molar-refractivity contribution in [1.29, 1.82) is 0 Å². The van der Waals surface area contributed by atoms with Crippen molar-refractivity contribution in [1.82, 2.24) is 9.38 Å². The van der Waals surface area contributed by atoms with Crippen LogP contribution in [0.1, 0.15) is 16.1 Å². The second kappa shape index (κ2) is 6.15. The molecule has 0 radical (unpaired) electrons. The maximum absolute atomic E-state index is 11.9. The predicted molar refractivity (Wildman–Crippen MR) is 87.8 cm³/mol. The third-order valence-corrected chi connectivity index (χ3v) is 3.29. The Labute approximate surface area is 132 Å². The Bertz CT molecular complexity index is 894. The van der Waals surface area contributed by atoms with E-state index in [1.807, 2.05) is 28.8 Å². The molecule has 3 N–H and O–H groups in total. The second-order valence-corrected chi connectivity index (χ2v) is 4.88. The minimum Gasteiger partial charge on any atom is -0.366 e. The van der Waals surface area contributed by atoms with Crippen LogP contribution in [-0.2, 0) is 4.79 Å². The molecule has 0 aliphatic carbocycles. The third-order valence-electron chi connectivity index (χ3n) is 3.29. The van der Waals surface area contributed by atoms with E-state index in [1.165, 1.54) is 6.08 Å². The SMILES string of the molecule is NC(=O)c1ccc(NC(=O)/C=C/c2cnc3ccccn23)cc1. The van der Waals surface area contributed by atoms with Gasteiger partial charge >= 0.3 is 0 Å². The molecule has 0 aliphatic heterocycles. The summed E-state index contributed by atoms with van der Waals surface area (Å²) in [6.45, 7) is 0. The normalized spacial score (nSPS) is 11.0. The Kier molecular flexibility index (Phi) is 3.88. The number of rotatable bonds is 4. The lowest BCUT2D eigenvalue weighted by molar-refractivity contribution is -0.111. The Morgan fingerprint density at radius 2 is 1.91 bits per heavy atom. The van der Waals surface area contributed by atoms with E-state index in [0.717, 1.165) is 11.3 Å². The van der Waals surface area contributed by atoms with Crippen LogP contribution in [0.3, 0.4) is 0 Å². The van der Waals surface area contributed by atoms with Gasteiger partial charge in [0.05, 0.1) is 11.9 Å². The molecule has 0 spiro atoms. The summed E-state index contributed by atoms with van der Waals surface area (Å²) in [5.74, 6) is -0.780. The van der Waals surface area contributed by atoms with Gasteiger partial charge in [-0.15, -0.1) is 0 Å². The van der Waals surface area contributed by atoms with E-state index in [9.17, 15) is 9.59 Å². The predicted octanol–water partition coefficient (Wildman–Crippen LogP) is 2.09. The first-order chi connectivity index (χ1) is 11.1. The van der Waals surface area contributed by atoms with Crippen molar-refractivity contribution in [3.63, 3.8) is 0 Å². The van der Waals surface area contributed by atoms with Crippen molar-refractivity contribution in [2.24, 2.45) is 5.73 Å². The first kappa shape index (κ1) is 14.5. The lowest BCUT2D eigenvalue weighted by atomic mass is 10.2. The number of nitrogens with one attached hydrogen (secondary N) is 1. The number of amides is 2. The summed E-state index contributed by atoms with van der Waals surface area (Å²) in [7, 11) is 0. The molecule has 2 heterocycles. The fourth-order valence-electron chi connectivity index (χ4n) is 2.14. The van der Waals surface area contributed by atoms with Gasteiger partial charge in [-0.05, 0) is 42.5 Å². The number of benzene rings is 1. The molecule has 0 aliphatic rings. The smallest absolute Gasteiger partial charge is 0.248 e. The second-order valence-electron chi connectivity index (χ2n) is 4.88. The first-order valence-electron chi connectivity index (χ1n) is 6.94. The lowest BCUT2D eigenvalue weighted by Gasteiger charge is -2.02. The quantitative estimate of drug-likeness (QED) is 0.723. The average Bonchev–Trinajstić information content (AvgIpc) is 2.97. The molecule has 3 rings (SSSR count). The van der Waals surface area contributed by atoms with E-state index in [2.05, 4.69) is 10.3 Å². The van der Waals surface area contributed by atoms with E-state index >= 15 is 0 Å². The van der Waals surface area contributed by atoms with Crippen LogP contribution < -0.4 is 11.1 Å². The maximum Gasteiger partial charge on any atom is 0.248 e. The zero-order valence-electron chi connectivity index (χ0n) is 12.1. The number of primary amides is 1. The van der Waals surface area contributed by atoms with Crippen molar-refractivity contribution in [2.45, 2.75) is 0 Å². The molecule has 0 saturated carbocycles. The molecule has 0 fully saturated rings. The van der Waals surface area contributed by atoms with E-state index in [4.69, 9.17) is 5.73 Å². The van der Waals surface area contributed by atoms with Gasteiger partial charge in [0, 0.05) is 23.5 Å². The summed E-state index contributed by atoms with van der Waals surface area (Å²) >= 11 is 0. The largest absolute Gasteiger partial charge is 0.366 e. The molecule has 0 bridgehead atoms. The van der Waals surface area contributed by atoms with Gasteiger partial charge in [0.25, 0.3) is 0 Å². The number of aromatic nitrogens is 2. The fourth-order valence-corrected chi connectivity index (χ4v) is 2.14. The monoisotopic (exact) mass is 306 g/mol. The highest BCUT2D eigenvalue weighted by Crippen LogP contribution is 2.10. The summed E-state index contributed by atoms with van der Waals surface area (Å²) in [6, 6.07) is 12.1. The minimum absolute atomic E-state index is 0.275. The topological polar surface area (TPSA) is 89.5 Å². The van der Waals surface area contributed by atoms with Crippen molar-refractivity contribution in [3.8, 4) is 0 Å². The summed E-state index contributed by atoms with van der Waals surface area (Å²) in [4.78, 5) is 27.2. The van der Waals surface area contributed by atoms with Gasteiger partial charge in [-0.2, -0.15) is 0 Å². The van der Waals surface area contributed by atoms with Crippen molar-refractivity contribution >= 4 is 29.2 Å². The number of anilines is 1. The molecule has 2 aromatic heterocycles. The van der Waals surface area contributed by atoms with Crippen LogP contribution in [0.15, 0.2) is 60.9 Å². The van der Waals surface area contributed by atoms with Gasteiger partial charge in [-0.1, -0.05) is 6.07 Å². The van der Waals surface area contributed by atoms with Gasteiger partial charge in [-0.3, -0.25) is 9.59 Å². The molecule has 2 amide bonds. The molecular formula is C17H14N4O2. The van der Waals surface area contributed by atoms with Crippen LogP contribution >= 0.6 is 0 Å². The number of carbonyl (C=O) groups excluding carboxylic acids is 2. The molecule has 6 heteroatoms. The number of hydrogen-bond donors (Lipinski definition) is 2. The van der Waals surface area contributed by atoms with Gasteiger partial charge < -0.3 is 15.5 Å². The van der Waals surface area contributed by atoms with Gasteiger partial charge in [0.2, 0.25) is 11.8 Å². The maximum atomic E-state index is 11.9. The van der Waals surface area contributed by atoms with E-state index in [1.54, 1.807) is 36.5 Å². The number of nitrogens with two attached hydrogens (primary N) is 1. The fraction of sp³-hybridized carbons (Fsp3) is 0. The number of hydrogen-bond acceptors (Lipinski definition) is 3. The molecular weight excluding hydrogens is 292 g/mol. The third kappa shape index (κ3) is 3.26. The summed E-state index contributed by atoms with van der Waals surface area (Å²) in [5.41, 5.74) is 7.77. The molecule has 3 aromatic rings. The molecule has 6 nitrogen and oxygen atoms in total. The number of pyridine rings is 1. The summed E-state index contributed by atoms with van der Waals surface area (Å²) in [6.07, 6.45) is 6.69. The highest BCUT2D eigenvalue weighted by atomic mass is 16.1. The summed E-state index contributed by atoms with van der Waals surface area (Å²) in [5, 5.41) is 2.71. The van der Waals surface area contributed by atoms with E-state index in [-0.39, 0.29) is 5.91 Å². The number of carbonyl (C=O) groups is 2. The van der Waals surface area contributed by atoms with Crippen molar-refractivity contribution in [2.75, 3.05) is 5.32 Å². The Morgan fingerprint density at radius 3 is 2.65 bits per heavy atom. The molecule has 114 valence electrons. The molecule has 0 saturated heterocycles. The lowest BCUT2D eigenvalue weighted by Crippen LogP contribution is -2.11. The van der Waals surface area contributed by atoms with Crippen LogP contribution in [-0.4, -0.2) is 21.2 Å². The minimum atomic E-state index is -0.504. The van der Waals surface area contributed by atoms with Crippen LogP contribution in [0.4, 0.5) is 5.69 Å². The Balaban J connectivity index is 1.70. The first-order valence-corrected chi connectivity index (χ1v) is 6.94. The van der Waals surface area contributed by atoms with Crippen LogP contribution in [0.5, 0.6) is 0 Å².